The normalized spacial score (nSPS) is 10.9. The number of carbonyl (C=O) groups excluding carboxylic acids is 1. The second kappa shape index (κ2) is 8.81. The molecule has 0 atom stereocenters. The standard InChI is InChI=1S/C18H17FN4O4S/c1-27-9-8-22-15-5-3-2-4-13(15)21-18(22)28-11-17(24)20-14-7-6-12(19)10-16(14)23(25)26/h2-7,10H,8-9,11H2,1H3,(H,20,24). The lowest BCUT2D eigenvalue weighted by molar-refractivity contribution is -0.384. The van der Waals surface area contributed by atoms with Gasteiger partial charge in [-0.1, -0.05) is 23.9 Å². The van der Waals surface area contributed by atoms with Crippen LogP contribution in [0.5, 0.6) is 0 Å². The number of hydrogen-bond donors (Lipinski definition) is 1. The van der Waals surface area contributed by atoms with Crippen molar-refractivity contribution in [3.05, 3.63) is 58.4 Å². The maximum absolute atomic E-state index is 13.2. The van der Waals surface area contributed by atoms with E-state index in [1.165, 1.54) is 17.8 Å². The highest BCUT2D eigenvalue weighted by Gasteiger charge is 2.18. The van der Waals surface area contributed by atoms with E-state index in [-0.39, 0.29) is 11.4 Å². The molecule has 3 rings (SSSR count). The number of nitrogens with one attached hydrogen (secondary N) is 1. The fourth-order valence-corrected chi connectivity index (χ4v) is 3.48. The van der Waals surface area contributed by atoms with Crippen LogP contribution in [0.4, 0.5) is 15.8 Å². The zero-order chi connectivity index (χ0) is 20.1. The summed E-state index contributed by atoms with van der Waals surface area (Å²) in [6.45, 7) is 1.06. The SMILES string of the molecule is COCCn1c(SCC(=O)Nc2ccc(F)cc2[N+](=O)[O-])nc2ccccc21. The van der Waals surface area contributed by atoms with E-state index in [2.05, 4.69) is 10.3 Å². The van der Waals surface area contributed by atoms with Crippen molar-refractivity contribution in [1.29, 1.82) is 0 Å². The van der Waals surface area contributed by atoms with E-state index in [9.17, 15) is 19.3 Å². The van der Waals surface area contributed by atoms with Gasteiger partial charge in [0, 0.05) is 13.7 Å². The lowest BCUT2D eigenvalue weighted by atomic mass is 10.2. The number of methoxy groups -OCH3 is 1. The van der Waals surface area contributed by atoms with E-state index in [0.717, 1.165) is 23.2 Å². The average Bonchev–Trinajstić information content (AvgIpc) is 3.03. The number of para-hydroxylation sites is 2. The number of imidazole rings is 1. The van der Waals surface area contributed by atoms with Gasteiger partial charge in [-0.05, 0) is 24.3 Å². The lowest BCUT2D eigenvalue weighted by Crippen LogP contribution is -2.16. The Labute approximate surface area is 163 Å². The fourth-order valence-electron chi connectivity index (χ4n) is 2.64. The summed E-state index contributed by atoms with van der Waals surface area (Å²) in [6, 6.07) is 10.6. The topological polar surface area (TPSA) is 99.3 Å². The van der Waals surface area contributed by atoms with Gasteiger partial charge in [0.1, 0.15) is 11.5 Å². The van der Waals surface area contributed by atoms with Crippen LogP contribution in [0.25, 0.3) is 11.0 Å². The van der Waals surface area contributed by atoms with Crippen LogP contribution >= 0.6 is 11.8 Å². The molecule has 0 unspecified atom stereocenters. The molecule has 28 heavy (non-hydrogen) atoms. The van der Waals surface area contributed by atoms with Gasteiger partial charge in [-0.25, -0.2) is 9.37 Å². The number of halogens is 1. The number of carbonyl (C=O) groups is 1. The van der Waals surface area contributed by atoms with Gasteiger partial charge >= 0.3 is 0 Å². The van der Waals surface area contributed by atoms with Gasteiger partial charge < -0.3 is 14.6 Å². The lowest BCUT2D eigenvalue weighted by Gasteiger charge is -2.09. The Morgan fingerprint density at radius 3 is 2.89 bits per heavy atom. The summed E-state index contributed by atoms with van der Waals surface area (Å²) in [5.74, 6) is -1.21. The van der Waals surface area contributed by atoms with Crippen molar-refractivity contribution in [2.75, 3.05) is 24.8 Å². The number of benzene rings is 2. The van der Waals surface area contributed by atoms with E-state index in [1.54, 1.807) is 7.11 Å². The molecular formula is C18H17FN4O4S. The number of nitrogens with zero attached hydrogens (tertiary/aromatic N) is 3. The summed E-state index contributed by atoms with van der Waals surface area (Å²) in [4.78, 5) is 27.1. The number of amides is 1. The van der Waals surface area contributed by atoms with Crippen LogP contribution in [-0.4, -0.2) is 39.9 Å². The Kier molecular flexibility index (Phi) is 6.22. The molecule has 1 N–H and O–H groups in total. The molecule has 0 fully saturated rings. The Hall–Kier alpha value is -2.98. The first-order chi connectivity index (χ1) is 13.5. The summed E-state index contributed by atoms with van der Waals surface area (Å²) in [5, 5.41) is 14.1. The summed E-state index contributed by atoms with van der Waals surface area (Å²) < 4.78 is 20.3. The number of fused-ring (bicyclic) bond motifs is 1. The number of aromatic nitrogens is 2. The van der Waals surface area contributed by atoms with E-state index < -0.39 is 22.3 Å². The third kappa shape index (κ3) is 4.46. The van der Waals surface area contributed by atoms with Gasteiger partial charge in [0.15, 0.2) is 5.16 Å². The second-order valence-electron chi connectivity index (χ2n) is 5.78. The molecule has 0 aliphatic heterocycles. The minimum Gasteiger partial charge on any atom is -0.383 e. The van der Waals surface area contributed by atoms with Crippen LogP contribution in [0.1, 0.15) is 0 Å². The molecule has 10 heteroatoms. The fraction of sp³-hybridized carbons (Fsp3) is 0.222. The van der Waals surface area contributed by atoms with Gasteiger partial charge in [-0.15, -0.1) is 0 Å². The predicted octanol–water partition coefficient (Wildman–Crippen LogP) is 3.46. The van der Waals surface area contributed by atoms with Gasteiger partial charge in [0.25, 0.3) is 5.69 Å². The molecule has 0 saturated carbocycles. The molecule has 0 saturated heterocycles. The zero-order valence-electron chi connectivity index (χ0n) is 14.9. The number of nitro benzene ring substituents is 1. The van der Waals surface area contributed by atoms with Gasteiger partial charge in [-0.3, -0.25) is 14.9 Å². The summed E-state index contributed by atoms with van der Waals surface area (Å²) in [6.07, 6.45) is 0. The number of nitro groups is 1. The van der Waals surface area contributed by atoms with Crippen molar-refractivity contribution in [3.63, 3.8) is 0 Å². The summed E-state index contributed by atoms with van der Waals surface area (Å²) in [7, 11) is 1.61. The third-order valence-corrected chi connectivity index (χ3v) is 4.88. The predicted molar refractivity (Wildman–Crippen MR) is 104 cm³/mol. The highest BCUT2D eigenvalue weighted by molar-refractivity contribution is 7.99. The summed E-state index contributed by atoms with van der Waals surface area (Å²) >= 11 is 1.21. The maximum atomic E-state index is 13.2. The largest absolute Gasteiger partial charge is 0.383 e. The molecule has 0 radical (unpaired) electrons. The van der Waals surface area contributed by atoms with E-state index in [4.69, 9.17) is 4.74 Å². The number of ether oxygens (including phenoxy) is 1. The van der Waals surface area contributed by atoms with Crippen molar-refractivity contribution in [2.45, 2.75) is 11.7 Å². The number of rotatable bonds is 8. The molecule has 0 aliphatic rings. The van der Waals surface area contributed by atoms with Gasteiger partial charge in [-0.2, -0.15) is 0 Å². The third-order valence-electron chi connectivity index (χ3n) is 3.90. The number of thioether (sulfide) groups is 1. The van der Waals surface area contributed by atoms with Crippen molar-refractivity contribution in [2.24, 2.45) is 0 Å². The second-order valence-corrected chi connectivity index (χ2v) is 6.73. The number of hydrogen-bond acceptors (Lipinski definition) is 6. The molecule has 146 valence electrons. The first-order valence-corrected chi connectivity index (χ1v) is 9.29. The molecule has 3 aromatic rings. The molecular weight excluding hydrogens is 387 g/mol. The zero-order valence-corrected chi connectivity index (χ0v) is 15.7. The molecule has 1 amide bonds. The first-order valence-electron chi connectivity index (χ1n) is 8.30. The van der Waals surface area contributed by atoms with Crippen LogP contribution in [0.3, 0.4) is 0 Å². The highest BCUT2D eigenvalue weighted by Crippen LogP contribution is 2.27. The van der Waals surface area contributed by atoms with Gasteiger partial charge in [0.2, 0.25) is 5.91 Å². The van der Waals surface area contributed by atoms with Gasteiger partial charge in [0.05, 0.1) is 34.4 Å². The first kappa shape index (κ1) is 19.8. The van der Waals surface area contributed by atoms with Crippen LogP contribution < -0.4 is 5.32 Å². The Morgan fingerprint density at radius 2 is 2.14 bits per heavy atom. The monoisotopic (exact) mass is 404 g/mol. The van der Waals surface area contributed by atoms with Crippen LogP contribution in [0.2, 0.25) is 0 Å². The highest BCUT2D eigenvalue weighted by atomic mass is 32.2. The van der Waals surface area contributed by atoms with Crippen LogP contribution in [-0.2, 0) is 16.1 Å². The van der Waals surface area contributed by atoms with E-state index in [0.29, 0.717) is 18.3 Å². The average molecular weight is 404 g/mol. The van der Waals surface area contributed by atoms with E-state index >= 15 is 0 Å². The number of anilines is 1. The minimum absolute atomic E-state index is 0.00909. The quantitative estimate of drug-likeness (QED) is 0.351. The maximum Gasteiger partial charge on any atom is 0.295 e. The van der Waals surface area contributed by atoms with Crippen molar-refractivity contribution >= 4 is 40.1 Å². The molecule has 2 aromatic carbocycles. The van der Waals surface area contributed by atoms with E-state index in [1.807, 2.05) is 28.8 Å². The van der Waals surface area contributed by atoms with Crippen molar-refractivity contribution < 1.29 is 18.8 Å². The summed E-state index contributed by atoms with van der Waals surface area (Å²) in [5.41, 5.74) is 1.18. The molecule has 8 nitrogen and oxygen atoms in total. The molecule has 1 heterocycles. The van der Waals surface area contributed by atoms with Crippen molar-refractivity contribution in [3.8, 4) is 0 Å². The van der Waals surface area contributed by atoms with Crippen molar-refractivity contribution in [1.82, 2.24) is 9.55 Å². The smallest absolute Gasteiger partial charge is 0.295 e. The van der Waals surface area contributed by atoms with Crippen LogP contribution in [0.15, 0.2) is 47.6 Å². The minimum atomic E-state index is -0.745. The Morgan fingerprint density at radius 1 is 1.36 bits per heavy atom. The molecule has 0 spiro atoms. The molecule has 1 aromatic heterocycles. The molecule has 0 aliphatic carbocycles. The Balaban J connectivity index is 1.74. The Bertz CT molecular complexity index is 1020. The molecule has 0 bridgehead atoms. The van der Waals surface area contributed by atoms with Crippen LogP contribution in [0, 0.1) is 15.9 Å².